The zero-order chi connectivity index (χ0) is 15.0. The van der Waals surface area contributed by atoms with Crippen LogP contribution in [0.4, 0.5) is 4.79 Å². The Kier molecular flexibility index (Phi) is 6.82. The van der Waals surface area contributed by atoms with E-state index in [9.17, 15) is 9.59 Å². The van der Waals surface area contributed by atoms with Gasteiger partial charge in [0.1, 0.15) is 0 Å². The minimum atomic E-state index is -0.904. The number of carbonyl (C=O) groups excluding carboxylic acids is 2. The van der Waals surface area contributed by atoms with Gasteiger partial charge in [-0.2, -0.15) is 0 Å². The Balaban J connectivity index is 2.39. The first-order valence-corrected chi connectivity index (χ1v) is 7.54. The van der Waals surface area contributed by atoms with E-state index in [-0.39, 0.29) is 18.0 Å². The summed E-state index contributed by atoms with van der Waals surface area (Å²) in [5.41, 5.74) is 0.0684. The van der Waals surface area contributed by atoms with Crippen LogP contribution in [0.25, 0.3) is 0 Å². The average Bonchev–Trinajstić information content (AvgIpc) is 2.39. The van der Waals surface area contributed by atoms with E-state index in [1.54, 1.807) is 6.92 Å². The Hall–Kier alpha value is -1.26. The SMILES string of the molecule is CCOC(=O)OC(C)OC(=O)CC1(CC)CCCCC1. The van der Waals surface area contributed by atoms with E-state index in [0.29, 0.717) is 6.42 Å². The lowest BCUT2D eigenvalue weighted by molar-refractivity contribution is -0.171. The van der Waals surface area contributed by atoms with Gasteiger partial charge in [-0.25, -0.2) is 4.79 Å². The van der Waals surface area contributed by atoms with Gasteiger partial charge in [-0.15, -0.1) is 0 Å². The summed E-state index contributed by atoms with van der Waals surface area (Å²) in [5.74, 6) is -0.300. The molecular weight excluding hydrogens is 260 g/mol. The van der Waals surface area contributed by atoms with Crippen molar-refractivity contribution in [3.63, 3.8) is 0 Å². The van der Waals surface area contributed by atoms with E-state index in [2.05, 4.69) is 11.7 Å². The Morgan fingerprint density at radius 2 is 1.75 bits per heavy atom. The van der Waals surface area contributed by atoms with Crippen LogP contribution in [0.3, 0.4) is 0 Å². The molecule has 20 heavy (non-hydrogen) atoms. The molecule has 1 fully saturated rings. The summed E-state index contributed by atoms with van der Waals surface area (Å²) in [6.45, 7) is 5.57. The molecule has 0 bridgehead atoms. The van der Waals surface area contributed by atoms with Gasteiger partial charge < -0.3 is 14.2 Å². The van der Waals surface area contributed by atoms with E-state index in [1.165, 1.54) is 26.2 Å². The Labute approximate surface area is 121 Å². The van der Waals surface area contributed by atoms with E-state index in [1.807, 2.05) is 0 Å². The lowest BCUT2D eigenvalue weighted by Gasteiger charge is -2.35. The first-order valence-electron chi connectivity index (χ1n) is 7.54. The van der Waals surface area contributed by atoms with Crippen molar-refractivity contribution in [2.24, 2.45) is 5.41 Å². The first-order chi connectivity index (χ1) is 9.51. The molecule has 1 aliphatic carbocycles. The minimum absolute atomic E-state index is 0.0684. The molecule has 0 aliphatic heterocycles. The van der Waals surface area contributed by atoms with E-state index >= 15 is 0 Å². The topological polar surface area (TPSA) is 61.8 Å². The fourth-order valence-corrected chi connectivity index (χ4v) is 2.80. The predicted molar refractivity (Wildman–Crippen MR) is 74.1 cm³/mol. The van der Waals surface area contributed by atoms with Gasteiger partial charge in [0, 0.05) is 6.92 Å². The van der Waals surface area contributed by atoms with Crippen molar-refractivity contribution in [2.75, 3.05) is 6.61 Å². The fraction of sp³-hybridized carbons (Fsp3) is 0.867. The third kappa shape index (κ3) is 5.39. The standard InChI is InChI=1S/C15H26O5/c1-4-15(9-7-6-8-10-15)11-13(16)19-12(3)20-14(17)18-5-2/h12H,4-11H2,1-3H3. The Morgan fingerprint density at radius 1 is 1.10 bits per heavy atom. The quantitative estimate of drug-likeness (QED) is 0.549. The Morgan fingerprint density at radius 3 is 2.30 bits per heavy atom. The van der Waals surface area contributed by atoms with Crippen LogP contribution >= 0.6 is 0 Å². The van der Waals surface area contributed by atoms with Crippen LogP contribution in [0, 0.1) is 5.41 Å². The van der Waals surface area contributed by atoms with Crippen LogP contribution in [0.1, 0.15) is 65.7 Å². The van der Waals surface area contributed by atoms with Crippen LogP contribution in [0.2, 0.25) is 0 Å². The number of carbonyl (C=O) groups is 2. The molecule has 0 amide bonds. The van der Waals surface area contributed by atoms with Crippen molar-refractivity contribution in [3.05, 3.63) is 0 Å². The predicted octanol–water partition coefficient (Wildman–Crippen LogP) is 3.80. The molecule has 5 heteroatoms. The van der Waals surface area contributed by atoms with Crippen molar-refractivity contribution >= 4 is 12.1 Å². The smallest absolute Gasteiger partial charge is 0.435 e. The van der Waals surface area contributed by atoms with Crippen molar-refractivity contribution in [3.8, 4) is 0 Å². The van der Waals surface area contributed by atoms with Gasteiger partial charge in [-0.1, -0.05) is 26.2 Å². The van der Waals surface area contributed by atoms with Crippen LogP contribution in [-0.4, -0.2) is 25.0 Å². The first kappa shape index (κ1) is 16.8. The summed E-state index contributed by atoms with van der Waals surface area (Å²) < 4.78 is 14.6. The molecule has 116 valence electrons. The molecule has 1 aliphatic rings. The molecule has 1 atom stereocenters. The molecule has 0 aromatic rings. The normalized spacial score (nSPS) is 18.9. The molecule has 0 saturated heterocycles. The van der Waals surface area contributed by atoms with E-state index in [4.69, 9.17) is 9.47 Å². The van der Waals surface area contributed by atoms with Crippen LogP contribution in [0.5, 0.6) is 0 Å². The molecule has 5 nitrogen and oxygen atoms in total. The van der Waals surface area contributed by atoms with Crippen LogP contribution in [0.15, 0.2) is 0 Å². The van der Waals surface area contributed by atoms with Gasteiger partial charge in [0.05, 0.1) is 13.0 Å². The van der Waals surface area contributed by atoms with Crippen LogP contribution < -0.4 is 0 Å². The molecule has 1 unspecified atom stereocenters. The molecule has 1 saturated carbocycles. The highest BCUT2D eigenvalue weighted by Crippen LogP contribution is 2.42. The lowest BCUT2D eigenvalue weighted by atomic mass is 9.70. The summed E-state index contributed by atoms with van der Waals surface area (Å²) in [6, 6.07) is 0. The third-order valence-corrected chi connectivity index (χ3v) is 4.01. The van der Waals surface area contributed by atoms with Gasteiger partial charge in [0.25, 0.3) is 0 Å². The van der Waals surface area contributed by atoms with Crippen LogP contribution in [-0.2, 0) is 19.0 Å². The molecule has 0 heterocycles. The van der Waals surface area contributed by atoms with Crippen molar-refractivity contribution in [1.29, 1.82) is 0 Å². The highest BCUT2D eigenvalue weighted by atomic mass is 16.8. The molecule has 0 radical (unpaired) electrons. The summed E-state index contributed by atoms with van der Waals surface area (Å²) in [6.07, 6.45) is 5.42. The zero-order valence-electron chi connectivity index (χ0n) is 12.8. The third-order valence-electron chi connectivity index (χ3n) is 4.01. The maximum atomic E-state index is 12.0. The second-order valence-electron chi connectivity index (χ2n) is 5.45. The number of hydrogen-bond donors (Lipinski definition) is 0. The monoisotopic (exact) mass is 286 g/mol. The van der Waals surface area contributed by atoms with Crippen molar-refractivity contribution in [1.82, 2.24) is 0 Å². The zero-order valence-corrected chi connectivity index (χ0v) is 12.8. The summed E-state index contributed by atoms with van der Waals surface area (Å²) in [4.78, 5) is 23.1. The van der Waals surface area contributed by atoms with Gasteiger partial charge in [-0.05, 0) is 31.6 Å². The molecule has 0 aromatic heterocycles. The fourth-order valence-electron chi connectivity index (χ4n) is 2.80. The second-order valence-corrected chi connectivity index (χ2v) is 5.45. The number of hydrogen-bond acceptors (Lipinski definition) is 5. The molecule has 0 spiro atoms. The molecule has 0 N–H and O–H groups in total. The maximum absolute atomic E-state index is 12.0. The molecule has 1 rings (SSSR count). The summed E-state index contributed by atoms with van der Waals surface area (Å²) >= 11 is 0. The van der Waals surface area contributed by atoms with Gasteiger partial charge in [-0.3, -0.25) is 4.79 Å². The van der Waals surface area contributed by atoms with E-state index < -0.39 is 12.4 Å². The van der Waals surface area contributed by atoms with Gasteiger partial charge >= 0.3 is 12.1 Å². The second kappa shape index (κ2) is 8.12. The minimum Gasteiger partial charge on any atom is -0.435 e. The highest BCUT2D eigenvalue weighted by Gasteiger charge is 2.33. The Bertz CT molecular complexity index is 320. The molecular formula is C15H26O5. The number of rotatable bonds is 6. The molecule has 0 aromatic carbocycles. The van der Waals surface area contributed by atoms with Crippen molar-refractivity contribution in [2.45, 2.75) is 72.0 Å². The van der Waals surface area contributed by atoms with Gasteiger partial charge in [0.2, 0.25) is 6.29 Å². The van der Waals surface area contributed by atoms with E-state index in [0.717, 1.165) is 19.3 Å². The summed E-state index contributed by atoms with van der Waals surface area (Å²) in [7, 11) is 0. The average molecular weight is 286 g/mol. The highest BCUT2D eigenvalue weighted by molar-refractivity contribution is 5.70. The lowest BCUT2D eigenvalue weighted by Crippen LogP contribution is -2.30. The maximum Gasteiger partial charge on any atom is 0.511 e. The van der Waals surface area contributed by atoms with Gasteiger partial charge in [0.15, 0.2) is 0 Å². The summed E-state index contributed by atoms with van der Waals surface area (Å²) in [5, 5.41) is 0. The number of ether oxygens (including phenoxy) is 3. The largest absolute Gasteiger partial charge is 0.511 e. The van der Waals surface area contributed by atoms with Crippen molar-refractivity contribution < 1.29 is 23.8 Å². The number of esters is 1.